The molecule has 0 aromatic heterocycles. The fourth-order valence-electron chi connectivity index (χ4n) is 6.24. The molecule has 140 valence electrons. The molecule has 4 rings (SSSR count). The number of fused-ring (bicyclic) bond motifs is 2. The van der Waals surface area contributed by atoms with Crippen molar-refractivity contribution in [2.75, 3.05) is 19.6 Å². The van der Waals surface area contributed by atoms with Crippen molar-refractivity contribution in [1.82, 2.24) is 4.90 Å². The highest BCUT2D eigenvalue weighted by molar-refractivity contribution is 5.76. The number of likely N-dealkylation sites (tertiary alicyclic amines) is 1. The summed E-state index contributed by atoms with van der Waals surface area (Å²) in [6, 6.07) is 0. The Kier molecular flexibility index (Phi) is 4.30. The molecule has 2 aliphatic carbocycles. The Bertz CT molecular complexity index is 581. The molecule has 0 N–H and O–H groups in total. The average Bonchev–Trinajstić information content (AvgIpc) is 2.79. The Labute approximate surface area is 153 Å². The van der Waals surface area contributed by atoms with Crippen LogP contribution in [-0.2, 0) is 9.53 Å². The Balaban J connectivity index is 1.55. The molecule has 2 saturated heterocycles. The number of allylic oxidation sites excluding steroid dienone is 1. The summed E-state index contributed by atoms with van der Waals surface area (Å²) in [5.74, 6) is 1.08. The summed E-state index contributed by atoms with van der Waals surface area (Å²) in [5.41, 5.74) is 2.27. The van der Waals surface area contributed by atoms with Gasteiger partial charge in [0.1, 0.15) is 6.10 Å². The van der Waals surface area contributed by atoms with Crippen LogP contribution in [-0.4, -0.2) is 36.6 Å². The maximum atomic E-state index is 12.7. The van der Waals surface area contributed by atoms with E-state index in [1.807, 2.05) is 0 Å². The molecule has 0 bridgehead atoms. The standard InChI is InChI=1S/C22H35NO2/c1-15-7-5-9-22(4)12-19-16(11-18(15)22)17(20(24)25-19)13-23-10-6-8-21(2,3)14-23/h11,15-17,19H,5-10,12-14H2,1-4H3/t15-,16+,17-,19+,22+/m0/s1. The summed E-state index contributed by atoms with van der Waals surface area (Å²) in [4.78, 5) is 15.2. The molecule has 2 heterocycles. The van der Waals surface area contributed by atoms with Gasteiger partial charge in [-0.1, -0.05) is 45.8 Å². The second-order valence-corrected chi connectivity index (χ2v) is 10.3. The third kappa shape index (κ3) is 3.18. The number of piperidine rings is 1. The minimum atomic E-state index is 0.0464. The van der Waals surface area contributed by atoms with E-state index in [-0.39, 0.29) is 23.4 Å². The molecule has 2 aliphatic heterocycles. The lowest BCUT2D eigenvalue weighted by molar-refractivity contribution is -0.145. The second-order valence-electron chi connectivity index (χ2n) is 10.3. The maximum Gasteiger partial charge on any atom is 0.311 e. The van der Waals surface area contributed by atoms with Crippen LogP contribution in [0.5, 0.6) is 0 Å². The van der Waals surface area contributed by atoms with E-state index < -0.39 is 0 Å². The topological polar surface area (TPSA) is 29.5 Å². The summed E-state index contributed by atoms with van der Waals surface area (Å²) in [5, 5.41) is 0. The molecule has 0 aromatic rings. The summed E-state index contributed by atoms with van der Waals surface area (Å²) < 4.78 is 5.91. The van der Waals surface area contributed by atoms with Crippen LogP contribution in [0.1, 0.15) is 66.2 Å². The van der Waals surface area contributed by atoms with Gasteiger partial charge in [-0.25, -0.2) is 0 Å². The zero-order chi connectivity index (χ0) is 17.8. The molecule has 4 aliphatic rings. The van der Waals surface area contributed by atoms with E-state index in [9.17, 15) is 4.79 Å². The Hall–Kier alpha value is -0.830. The zero-order valence-corrected chi connectivity index (χ0v) is 16.5. The first-order valence-corrected chi connectivity index (χ1v) is 10.4. The molecule has 0 unspecified atom stereocenters. The molecule has 0 spiro atoms. The molecule has 0 radical (unpaired) electrons. The summed E-state index contributed by atoms with van der Waals surface area (Å²) >= 11 is 0. The number of hydrogen-bond donors (Lipinski definition) is 0. The number of carbonyl (C=O) groups is 1. The smallest absolute Gasteiger partial charge is 0.311 e. The minimum Gasteiger partial charge on any atom is -0.461 e. The summed E-state index contributed by atoms with van der Waals surface area (Å²) in [6.07, 6.45) is 10.1. The van der Waals surface area contributed by atoms with Crippen LogP contribution >= 0.6 is 0 Å². The van der Waals surface area contributed by atoms with Gasteiger partial charge < -0.3 is 9.64 Å². The molecular formula is C22H35NO2. The number of rotatable bonds is 2. The largest absolute Gasteiger partial charge is 0.461 e. The predicted octanol–water partition coefficient (Wildman–Crippen LogP) is 4.42. The lowest BCUT2D eigenvalue weighted by atomic mass is 9.59. The van der Waals surface area contributed by atoms with Gasteiger partial charge in [-0.2, -0.15) is 0 Å². The van der Waals surface area contributed by atoms with E-state index in [4.69, 9.17) is 4.74 Å². The third-order valence-electron chi connectivity index (χ3n) is 7.52. The van der Waals surface area contributed by atoms with Gasteiger partial charge in [0.15, 0.2) is 0 Å². The molecule has 3 nitrogen and oxygen atoms in total. The summed E-state index contributed by atoms with van der Waals surface area (Å²) in [7, 11) is 0. The van der Waals surface area contributed by atoms with E-state index in [0.29, 0.717) is 17.3 Å². The highest BCUT2D eigenvalue weighted by Crippen LogP contribution is 2.54. The normalized spacial score (nSPS) is 43.8. The quantitative estimate of drug-likeness (QED) is 0.548. The fraction of sp³-hybridized carbons (Fsp3) is 0.864. The van der Waals surface area contributed by atoms with E-state index in [1.54, 1.807) is 5.57 Å². The van der Waals surface area contributed by atoms with Gasteiger partial charge in [-0.15, -0.1) is 0 Å². The number of carbonyl (C=O) groups excluding carboxylic acids is 1. The minimum absolute atomic E-state index is 0.0464. The van der Waals surface area contributed by atoms with Crippen molar-refractivity contribution in [3.8, 4) is 0 Å². The van der Waals surface area contributed by atoms with Gasteiger partial charge in [0.25, 0.3) is 0 Å². The zero-order valence-electron chi connectivity index (χ0n) is 16.5. The Morgan fingerprint density at radius 1 is 1.24 bits per heavy atom. The first kappa shape index (κ1) is 17.6. The van der Waals surface area contributed by atoms with Crippen LogP contribution in [0.4, 0.5) is 0 Å². The van der Waals surface area contributed by atoms with E-state index in [2.05, 4.69) is 38.7 Å². The van der Waals surface area contributed by atoms with Gasteiger partial charge in [0.05, 0.1) is 5.92 Å². The van der Waals surface area contributed by atoms with Gasteiger partial charge in [-0.05, 0) is 55.4 Å². The van der Waals surface area contributed by atoms with Crippen molar-refractivity contribution in [3.63, 3.8) is 0 Å². The van der Waals surface area contributed by atoms with Crippen LogP contribution in [0, 0.1) is 28.6 Å². The molecule has 25 heavy (non-hydrogen) atoms. The molecule has 0 aromatic carbocycles. The fourth-order valence-corrected chi connectivity index (χ4v) is 6.24. The lowest BCUT2D eigenvalue weighted by Crippen LogP contribution is -2.45. The lowest BCUT2D eigenvalue weighted by Gasteiger charge is -2.46. The molecule has 3 heteroatoms. The second kappa shape index (κ2) is 6.11. The highest BCUT2D eigenvalue weighted by atomic mass is 16.6. The van der Waals surface area contributed by atoms with Crippen LogP contribution in [0.2, 0.25) is 0 Å². The highest BCUT2D eigenvalue weighted by Gasteiger charge is 2.52. The molecular weight excluding hydrogens is 310 g/mol. The molecule has 0 amide bonds. The number of ether oxygens (including phenoxy) is 1. The number of hydrogen-bond acceptors (Lipinski definition) is 3. The van der Waals surface area contributed by atoms with Crippen LogP contribution in [0.3, 0.4) is 0 Å². The molecule has 1 saturated carbocycles. The predicted molar refractivity (Wildman–Crippen MR) is 100 cm³/mol. The van der Waals surface area contributed by atoms with Crippen molar-refractivity contribution in [2.45, 2.75) is 72.3 Å². The van der Waals surface area contributed by atoms with Crippen molar-refractivity contribution in [3.05, 3.63) is 11.6 Å². The average molecular weight is 346 g/mol. The molecule has 3 fully saturated rings. The number of nitrogens with zero attached hydrogens (tertiary/aromatic N) is 1. The van der Waals surface area contributed by atoms with Gasteiger partial charge in [0.2, 0.25) is 0 Å². The van der Waals surface area contributed by atoms with Gasteiger partial charge in [-0.3, -0.25) is 4.79 Å². The number of esters is 1. The van der Waals surface area contributed by atoms with Crippen molar-refractivity contribution in [1.29, 1.82) is 0 Å². The van der Waals surface area contributed by atoms with Crippen LogP contribution in [0.25, 0.3) is 0 Å². The van der Waals surface area contributed by atoms with E-state index in [1.165, 1.54) is 32.1 Å². The SMILES string of the molecule is C[C@H]1CCC[C@]2(C)C[C@H]3OC(=O)[C@@H](CN4CCCC(C)(C)C4)[C@H]3C=C12. The Morgan fingerprint density at radius 3 is 2.80 bits per heavy atom. The first-order valence-electron chi connectivity index (χ1n) is 10.4. The van der Waals surface area contributed by atoms with E-state index >= 15 is 0 Å². The van der Waals surface area contributed by atoms with Crippen LogP contribution in [0.15, 0.2) is 11.6 Å². The monoisotopic (exact) mass is 345 g/mol. The van der Waals surface area contributed by atoms with Crippen molar-refractivity contribution >= 4 is 5.97 Å². The van der Waals surface area contributed by atoms with Gasteiger partial charge in [0, 0.05) is 19.0 Å². The van der Waals surface area contributed by atoms with Crippen molar-refractivity contribution < 1.29 is 9.53 Å². The van der Waals surface area contributed by atoms with Crippen LogP contribution < -0.4 is 0 Å². The first-order chi connectivity index (χ1) is 11.8. The Morgan fingerprint density at radius 2 is 2.04 bits per heavy atom. The molecule has 5 atom stereocenters. The van der Waals surface area contributed by atoms with Crippen molar-refractivity contribution in [2.24, 2.45) is 28.6 Å². The third-order valence-corrected chi connectivity index (χ3v) is 7.52. The summed E-state index contributed by atoms with van der Waals surface area (Å²) in [6.45, 7) is 12.6. The van der Waals surface area contributed by atoms with E-state index in [0.717, 1.165) is 26.1 Å². The van der Waals surface area contributed by atoms with Gasteiger partial charge >= 0.3 is 5.97 Å². The maximum absolute atomic E-state index is 12.7.